The molecule has 1 aromatic carbocycles. The Balaban J connectivity index is 2.46. The quantitative estimate of drug-likeness (QED) is 0.777. The summed E-state index contributed by atoms with van der Waals surface area (Å²) in [6.07, 6.45) is 1.30. The van der Waals surface area contributed by atoms with Crippen LogP contribution in [0, 0.1) is 5.82 Å². The SMILES string of the molecule is Nc1c(C(=O)O)ccnc1Nc1c(Cl)cc(F)cc1Br. The Bertz CT molecular complexity index is 673. The van der Waals surface area contributed by atoms with E-state index in [1.165, 1.54) is 18.3 Å². The summed E-state index contributed by atoms with van der Waals surface area (Å²) in [6, 6.07) is 3.61. The molecule has 0 amide bonds. The van der Waals surface area contributed by atoms with E-state index in [-0.39, 0.29) is 22.1 Å². The molecule has 2 rings (SSSR count). The maximum Gasteiger partial charge on any atom is 0.337 e. The number of hydrogen-bond donors (Lipinski definition) is 3. The molecule has 0 bridgehead atoms. The van der Waals surface area contributed by atoms with Crippen molar-refractivity contribution in [3.8, 4) is 0 Å². The van der Waals surface area contributed by atoms with Crippen molar-refractivity contribution in [2.24, 2.45) is 0 Å². The minimum absolute atomic E-state index is 0.0349. The maximum absolute atomic E-state index is 13.1. The van der Waals surface area contributed by atoms with Crippen LogP contribution in [0.5, 0.6) is 0 Å². The number of benzene rings is 1. The number of nitrogens with two attached hydrogens (primary N) is 1. The minimum Gasteiger partial charge on any atom is -0.478 e. The lowest BCUT2D eigenvalue weighted by atomic mass is 10.2. The summed E-state index contributed by atoms with van der Waals surface area (Å²) in [7, 11) is 0. The summed E-state index contributed by atoms with van der Waals surface area (Å²) in [5.74, 6) is -1.55. The van der Waals surface area contributed by atoms with E-state index in [9.17, 15) is 9.18 Å². The molecule has 20 heavy (non-hydrogen) atoms. The number of carbonyl (C=O) groups is 1. The van der Waals surface area contributed by atoms with Gasteiger partial charge in [-0.1, -0.05) is 11.6 Å². The van der Waals surface area contributed by atoms with Crippen LogP contribution in [0.1, 0.15) is 10.4 Å². The molecule has 4 N–H and O–H groups in total. The first kappa shape index (κ1) is 14.5. The number of anilines is 3. The van der Waals surface area contributed by atoms with Crippen molar-refractivity contribution in [2.75, 3.05) is 11.1 Å². The number of nitrogen functional groups attached to an aromatic ring is 1. The summed E-state index contributed by atoms with van der Waals surface area (Å²) in [6.45, 7) is 0. The summed E-state index contributed by atoms with van der Waals surface area (Å²) < 4.78 is 13.5. The van der Waals surface area contributed by atoms with Crippen molar-refractivity contribution in [3.63, 3.8) is 0 Å². The molecule has 0 atom stereocenters. The number of halogens is 3. The standard InChI is InChI=1S/C12H8BrClFN3O2/c13-7-3-5(15)4-8(14)10(7)18-11-9(16)6(12(19)20)1-2-17-11/h1-4H,16H2,(H,17,18)(H,19,20). The van der Waals surface area contributed by atoms with Gasteiger partial charge in [-0.3, -0.25) is 0 Å². The largest absolute Gasteiger partial charge is 0.478 e. The fraction of sp³-hybridized carbons (Fsp3) is 0. The average molecular weight is 361 g/mol. The highest BCUT2D eigenvalue weighted by Gasteiger charge is 2.15. The van der Waals surface area contributed by atoms with E-state index in [2.05, 4.69) is 26.2 Å². The van der Waals surface area contributed by atoms with Crippen LogP contribution in [0.25, 0.3) is 0 Å². The Morgan fingerprint density at radius 1 is 1.50 bits per heavy atom. The number of aromatic nitrogens is 1. The second-order valence-electron chi connectivity index (χ2n) is 3.80. The smallest absolute Gasteiger partial charge is 0.337 e. The van der Waals surface area contributed by atoms with E-state index >= 15 is 0 Å². The fourth-order valence-electron chi connectivity index (χ4n) is 1.54. The van der Waals surface area contributed by atoms with Gasteiger partial charge >= 0.3 is 5.97 Å². The third-order valence-electron chi connectivity index (χ3n) is 2.47. The van der Waals surface area contributed by atoms with Crippen molar-refractivity contribution in [1.29, 1.82) is 0 Å². The molecule has 0 saturated heterocycles. The molecule has 2 aromatic rings. The minimum atomic E-state index is -1.17. The van der Waals surface area contributed by atoms with Crippen molar-refractivity contribution in [3.05, 3.63) is 45.3 Å². The summed E-state index contributed by atoms with van der Waals surface area (Å²) in [5, 5.41) is 11.9. The third kappa shape index (κ3) is 2.83. The average Bonchev–Trinajstić information content (AvgIpc) is 2.35. The first-order valence-electron chi connectivity index (χ1n) is 5.29. The van der Waals surface area contributed by atoms with E-state index < -0.39 is 11.8 Å². The van der Waals surface area contributed by atoms with Gasteiger partial charge in [0, 0.05) is 10.7 Å². The van der Waals surface area contributed by atoms with Gasteiger partial charge in [-0.2, -0.15) is 0 Å². The number of hydrogen-bond acceptors (Lipinski definition) is 4. The molecule has 104 valence electrons. The Kier molecular flexibility index (Phi) is 4.10. The van der Waals surface area contributed by atoms with Gasteiger partial charge < -0.3 is 16.2 Å². The van der Waals surface area contributed by atoms with Crippen LogP contribution < -0.4 is 11.1 Å². The van der Waals surface area contributed by atoms with Crippen molar-refractivity contribution in [2.45, 2.75) is 0 Å². The van der Waals surface area contributed by atoms with Crippen molar-refractivity contribution in [1.82, 2.24) is 4.98 Å². The van der Waals surface area contributed by atoms with Crippen LogP contribution in [-0.2, 0) is 0 Å². The molecule has 0 aliphatic carbocycles. The molecule has 1 aromatic heterocycles. The van der Waals surface area contributed by atoms with Crippen LogP contribution in [0.2, 0.25) is 5.02 Å². The normalized spacial score (nSPS) is 10.3. The van der Waals surface area contributed by atoms with Gasteiger partial charge in [-0.25, -0.2) is 14.2 Å². The lowest BCUT2D eigenvalue weighted by Crippen LogP contribution is -2.07. The second-order valence-corrected chi connectivity index (χ2v) is 5.06. The Morgan fingerprint density at radius 3 is 2.80 bits per heavy atom. The molecular formula is C12H8BrClFN3O2. The monoisotopic (exact) mass is 359 g/mol. The van der Waals surface area contributed by atoms with E-state index in [0.29, 0.717) is 10.2 Å². The number of carboxylic acid groups (broad SMARTS) is 1. The molecule has 0 unspecified atom stereocenters. The van der Waals surface area contributed by atoms with Crippen molar-refractivity contribution >= 4 is 50.7 Å². The zero-order chi connectivity index (χ0) is 14.9. The van der Waals surface area contributed by atoms with Gasteiger partial charge in [-0.15, -0.1) is 0 Å². The van der Waals surface area contributed by atoms with E-state index in [1.54, 1.807) is 0 Å². The number of nitrogens with zero attached hydrogens (tertiary/aromatic N) is 1. The van der Waals surface area contributed by atoms with Crippen LogP contribution >= 0.6 is 27.5 Å². The molecule has 1 heterocycles. The highest BCUT2D eigenvalue weighted by atomic mass is 79.9. The van der Waals surface area contributed by atoms with E-state index in [1.807, 2.05) is 0 Å². The maximum atomic E-state index is 13.1. The highest BCUT2D eigenvalue weighted by Crippen LogP contribution is 2.35. The predicted molar refractivity (Wildman–Crippen MR) is 78.0 cm³/mol. The highest BCUT2D eigenvalue weighted by molar-refractivity contribution is 9.10. The molecule has 5 nitrogen and oxygen atoms in total. The molecule has 0 fully saturated rings. The number of rotatable bonds is 3. The molecule has 8 heteroatoms. The fourth-order valence-corrected chi connectivity index (χ4v) is 2.44. The third-order valence-corrected chi connectivity index (χ3v) is 3.39. The molecule has 0 saturated carbocycles. The van der Waals surface area contributed by atoms with Gasteiger partial charge in [0.2, 0.25) is 0 Å². The number of aromatic carboxylic acids is 1. The zero-order valence-electron chi connectivity index (χ0n) is 9.82. The van der Waals surface area contributed by atoms with Crippen LogP contribution in [0.3, 0.4) is 0 Å². The second kappa shape index (κ2) is 5.64. The Labute approximate surface area is 126 Å². The molecular weight excluding hydrogens is 353 g/mol. The zero-order valence-corrected chi connectivity index (χ0v) is 12.2. The number of carboxylic acids is 1. The molecule has 0 aliphatic rings. The summed E-state index contributed by atoms with van der Waals surface area (Å²) >= 11 is 9.08. The van der Waals surface area contributed by atoms with Gasteiger partial charge in [-0.05, 0) is 34.1 Å². The van der Waals surface area contributed by atoms with E-state index in [4.69, 9.17) is 22.4 Å². The van der Waals surface area contributed by atoms with Crippen molar-refractivity contribution < 1.29 is 14.3 Å². The van der Waals surface area contributed by atoms with Crippen LogP contribution in [0.15, 0.2) is 28.9 Å². The summed E-state index contributed by atoms with van der Waals surface area (Å²) in [5.41, 5.74) is 5.95. The van der Waals surface area contributed by atoms with Gasteiger partial charge in [0.1, 0.15) is 5.82 Å². The van der Waals surface area contributed by atoms with Crippen LogP contribution in [0.4, 0.5) is 21.6 Å². The molecule has 0 spiro atoms. The number of nitrogens with one attached hydrogen (secondary N) is 1. The molecule has 0 radical (unpaired) electrons. The molecule has 0 aliphatic heterocycles. The lowest BCUT2D eigenvalue weighted by Gasteiger charge is -2.13. The summed E-state index contributed by atoms with van der Waals surface area (Å²) in [4.78, 5) is 14.9. The first-order valence-corrected chi connectivity index (χ1v) is 6.46. The lowest BCUT2D eigenvalue weighted by molar-refractivity contribution is 0.0698. The number of pyridine rings is 1. The van der Waals surface area contributed by atoms with Gasteiger partial charge in [0.25, 0.3) is 0 Å². The Morgan fingerprint density at radius 2 is 2.20 bits per heavy atom. The van der Waals surface area contributed by atoms with Gasteiger partial charge in [0.15, 0.2) is 5.82 Å². The van der Waals surface area contributed by atoms with E-state index in [0.717, 1.165) is 6.07 Å². The first-order chi connectivity index (χ1) is 9.40. The van der Waals surface area contributed by atoms with Crippen LogP contribution in [-0.4, -0.2) is 16.1 Å². The topological polar surface area (TPSA) is 88.2 Å². The predicted octanol–water partition coefficient (Wildman–Crippen LogP) is 3.66. The van der Waals surface area contributed by atoms with Gasteiger partial charge in [0.05, 0.1) is 22.0 Å². The Hall–Kier alpha value is -1.86.